The smallest absolute Gasteiger partial charge is 0.325 e. The predicted molar refractivity (Wildman–Crippen MR) is 76.3 cm³/mol. The van der Waals surface area contributed by atoms with E-state index in [1.165, 1.54) is 0 Å². The number of esters is 1. The monoisotopic (exact) mass is 287 g/mol. The van der Waals surface area contributed by atoms with E-state index in [1.54, 1.807) is 18.4 Å². The van der Waals surface area contributed by atoms with Crippen LogP contribution in [0.25, 0.3) is 0 Å². The topological polar surface area (TPSA) is 68.5 Å². The summed E-state index contributed by atoms with van der Waals surface area (Å²) in [6.45, 7) is 0.0890. The molecule has 5 nitrogen and oxygen atoms in total. The molecule has 0 aliphatic rings. The Bertz CT molecular complexity index is 563. The third-order valence-corrected chi connectivity index (χ3v) is 2.85. The third kappa shape index (κ3) is 5.52. The summed E-state index contributed by atoms with van der Waals surface area (Å²) in [5.74, 6) is 0.0880. The average Bonchev–Trinajstić information content (AvgIpc) is 3.03. The fourth-order valence-electron chi connectivity index (χ4n) is 1.74. The quantitative estimate of drug-likeness (QED) is 0.792. The van der Waals surface area contributed by atoms with Crippen LogP contribution in [0, 0.1) is 0 Å². The van der Waals surface area contributed by atoms with Crippen molar-refractivity contribution < 1.29 is 18.7 Å². The van der Waals surface area contributed by atoms with Crippen molar-refractivity contribution in [1.29, 1.82) is 0 Å². The molecule has 1 aromatic carbocycles. The highest BCUT2D eigenvalue weighted by Gasteiger charge is 2.08. The van der Waals surface area contributed by atoms with Crippen LogP contribution in [-0.4, -0.2) is 18.4 Å². The summed E-state index contributed by atoms with van der Waals surface area (Å²) >= 11 is 0. The lowest BCUT2D eigenvalue weighted by molar-refractivity contribution is -0.145. The minimum Gasteiger partial charge on any atom is -0.469 e. The Morgan fingerprint density at radius 1 is 1.10 bits per heavy atom. The molecule has 2 aromatic rings. The zero-order valence-electron chi connectivity index (χ0n) is 11.6. The maximum atomic E-state index is 11.6. The van der Waals surface area contributed by atoms with Crippen molar-refractivity contribution in [3.8, 4) is 0 Å². The Balaban J connectivity index is 1.61. The first-order chi connectivity index (χ1) is 10.2. The maximum absolute atomic E-state index is 11.6. The molecular weight excluding hydrogens is 270 g/mol. The number of amides is 1. The highest BCUT2D eigenvalue weighted by atomic mass is 16.5. The highest BCUT2D eigenvalue weighted by molar-refractivity contribution is 5.81. The summed E-state index contributed by atoms with van der Waals surface area (Å²) < 4.78 is 10.2. The van der Waals surface area contributed by atoms with Gasteiger partial charge >= 0.3 is 5.97 Å². The van der Waals surface area contributed by atoms with Crippen LogP contribution in [0.5, 0.6) is 0 Å². The molecule has 0 radical (unpaired) electrons. The Hall–Kier alpha value is -2.56. The molecule has 1 amide bonds. The molecule has 1 heterocycles. The highest BCUT2D eigenvalue weighted by Crippen LogP contribution is 2.03. The molecule has 1 aromatic heterocycles. The number of furan rings is 1. The van der Waals surface area contributed by atoms with Crippen molar-refractivity contribution in [2.45, 2.75) is 19.4 Å². The van der Waals surface area contributed by atoms with Gasteiger partial charge in [0, 0.05) is 12.8 Å². The SMILES string of the molecule is O=C(CCc1ccco1)NCC(=O)OCc1ccccc1. The lowest BCUT2D eigenvalue weighted by Crippen LogP contribution is -2.30. The summed E-state index contributed by atoms with van der Waals surface area (Å²) in [6, 6.07) is 13.0. The van der Waals surface area contributed by atoms with Crippen LogP contribution in [-0.2, 0) is 27.4 Å². The van der Waals surface area contributed by atoms with Crippen molar-refractivity contribution in [3.63, 3.8) is 0 Å². The normalized spacial score (nSPS) is 10.1. The lowest BCUT2D eigenvalue weighted by Gasteiger charge is -2.06. The Morgan fingerprint density at radius 2 is 1.90 bits per heavy atom. The first-order valence-electron chi connectivity index (χ1n) is 6.72. The number of hydrogen-bond acceptors (Lipinski definition) is 4. The maximum Gasteiger partial charge on any atom is 0.325 e. The van der Waals surface area contributed by atoms with Gasteiger partial charge < -0.3 is 14.5 Å². The second kappa shape index (κ2) is 7.89. The van der Waals surface area contributed by atoms with Crippen molar-refractivity contribution in [3.05, 3.63) is 60.1 Å². The molecule has 0 atom stereocenters. The molecule has 0 spiro atoms. The van der Waals surface area contributed by atoms with Gasteiger partial charge in [0.05, 0.1) is 6.26 Å². The van der Waals surface area contributed by atoms with Gasteiger partial charge in [-0.15, -0.1) is 0 Å². The molecule has 5 heteroatoms. The summed E-state index contributed by atoms with van der Waals surface area (Å²) in [4.78, 5) is 23.1. The van der Waals surface area contributed by atoms with Gasteiger partial charge in [0.2, 0.25) is 5.91 Å². The standard InChI is InChI=1S/C16H17NO4/c18-15(9-8-14-7-4-10-20-14)17-11-16(19)21-12-13-5-2-1-3-6-13/h1-7,10H,8-9,11-12H2,(H,17,18). The van der Waals surface area contributed by atoms with Gasteiger partial charge in [-0.1, -0.05) is 30.3 Å². The first-order valence-corrected chi connectivity index (χ1v) is 6.72. The number of nitrogens with one attached hydrogen (secondary N) is 1. The number of benzene rings is 1. The van der Waals surface area contributed by atoms with Crippen molar-refractivity contribution in [2.24, 2.45) is 0 Å². The van der Waals surface area contributed by atoms with Crippen LogP contribution < -0.4 is 5.32 Å². The average molecular weight is 287 g/mol. The number of carbonyl (C=O) groups is 2. The minimum atomic E-state index is -0.454. The molecule has 0 unspecified atom stereocenters. The van der Waals surface area contributed by atoms with E-state index >= 15 is 0 Å². The largest absolute Gasteiger partial charge is 0.469 e. The molecule has 0 aliphatic heterocycles. The van der Waals surface area contributed by atoms with Crippen LogP contribution in [0.3, 0.4) is 0 Å². The van der Waals surface area contributed by atoms with E-state index in [9.17, 15) is 9.59 Å². The van der Waals surface area contributed by atoms with Crippen LogP contribution in [0.15, 0.2) is 53.1 Å². The van der Waals surface area contributed by atoms with E-state index in [1.807, 2.05) is 30.3 Å². The fourth-order valence-corrected chi connectivity index (χ4v) is 1.74. The number of aryl methyl sites for hydroxylation is 1. The van der Waals surface area contributed by atoms with E-state index in [4.69, 9.17) is 9.15 Å². The van der Waals surface area contributed by atoms with E-state index in [0.29, 0.717) is 6.42 Å². The van der Waals surface area contributed by atoms with Gasteiger partial charge in [-0.25, -0.2) is 0 Å². The lowest BCUT2D eigenvalue weighted by atomic mass is 10.2. The van der Waals surface area contributed by atoms with Crippen molar-refractivity contribution in [1.82, 2.24) is 5.32 Å². The van der Waals surface area contributed by atoms with Crippen molar-refractivity contribution >= 4 is 11.9 Å². The molecule has 110 valence electrons. The number of ether oxygens (including phenoxy) is 1. The molecule has 0 bridgehead atoms. The van der Waals surface area contributed by atoms with E-state index in [-0.39, 0.29) is 25.5 Å². The van der Waals surface area contributed by atoms with E-state index in [2.05, 4.69) is 5.32 Å². The van der Waals surface area contributed by atoms with Gasteiger partial charge in [-0.2, -0.15) is 0 Å². The summed E-state index contributed by atoms with van der Waals surface area (Å²) in [5.41, 5.74) is 0.912. The molecule has 2 rings (SSSR count). The molecule has 0 saturated heterocycles. The van der Waals surface area contributed by atoms with E-state index < -0.39 is 5.97 Å². The molecule has 0 fully saturated rings. The minimum absolute atomic E-state index is 0.121. The molecule has 21 heavy (non-hydrogen) atoms. The Kier molecular flexibility index (Phi) is 5.58. The zero-order valence-corrected chi connectivity index (χ0v) is 11.6. The van der Waals surface area contributed by atoms with Gasteiger partial charge in [-0.3, -0.25) is 9.59 Å². The Morgan fingerprint density at radius 3 is 2.62 bits per heavy atom. The first kappa shape index (κ1) is 14.8. The number of hydrogen-bond donors (Lipinski definition) is 1. The molecule has 0 aliphatic carbocycles. The van der Waals surface area contributed by atoms with E-state index in [0.717, 1.165) is 11.3 Å². The van der Waals surface area contributed by atoms with Crippen LogP contribution >= 0.6 is 0 Å². The van der Waals surface area contributed by atoms with Crippen LogP contribution in [0.4, 0.5) is 0 Å². The summed E-state index contributed by atoms with van der Waals surface area (Å²) in [5, 5.41) is 2.53. The molecule has 1 N–H and O–H groups in total. The van der Waals surface area contributed by atoms with Gasteiger partial charge in [-0.05, 0) is 17.7 Å². The van der Waals surface area contributed by atoms with Gasteiger partial charge in [0.25, 0.3) is 0 Å². The Labute approximate surface area is 122 Å². The van der Waals surface area contributed by atoms with Crippen LogP contribution in [0.2, 0.25) is 0 Å². The predicted octanol–water partition coefficient (Wildman–Crippen LogP) is 2.07. The summed E-state index contributed by atoms with van der Waals surface area (Å²) in [6.07, 6.45) is 2.35. The van der Waals surface area contributed by atoms with Crippen LogP contribution in [0.1, 0.15) is 17.7 Å². The second-order valence-electron chi connectivity index (χ2n) is 4.50. The zero-order chi connectivity index (χ0) is 14.9. The number of rotatable bonds is 7. The number of carbonyl (C=O) groups excluding carboxylic acids is 2. The van der Waals surface area contributed by atoms with Crippen molar-refractivity contribution in [2.75, 3.05) is 6.54 Å². The summed E-state index contributed by atoms with van der Waals surface area (Å²) in [7, 11) is 0. The molecule has 0 saturated carbocycles. The van der Waals surface area contributed by atoms with Gasteiger partial charge in [0.1, 0.15) is 18.9 Å². The third-order valence-electron chi connectivity index (χ3n) is 2.85. The second-order valence-corrected chi connectivity index (χ2v) is 4.50. The fraction of sp³-hybridized carbons (Fsp3) is 0.250. The molecular formula is C16H17NO4. The van der Waals surface area contributed by atoms with Gasteiger partial charge in [0.15, 0.2) is 0 Å².